The van der Waals surface area contributed by atoms with Gasteiger partial charge < -0.3 is 5.32 Å². The topological polar surface area (TPSA) is 12.0 Å². The number of hydrogen-bond donors (Lipinski definition) is 1. The van der Waals surface area contributed by atoms with Crippen LogP contribution in [0.3, 0.4) is 0 Å². The van der Waals surface area contributed by atoms with Gasteiger partial charge >= 0.3 is 0 Å². The first-order valence-corrected chi connectivity index (χ1v) is 7.76. The van der Waals surface area contributed by atoms with Crippen molar-refractivity contribution in [2.75, 3.05) is 6.54 Å². The molecule has 0 saturated carbocycles. The second-order valence-corrected chi connectivity index (χ2v) is 7.02. The maximum atomic E-state index is 3.78. The Morgan fingerprint density at radius 1 is 1.26 bits per heavy atom. The van der Waals surface area contributed by atoms with Gasteiger partial charge in [0.2, 0.25) is 0 Å². The summed E-state index contributed by atoms with van der Waals surface area (Å²) >= 11 is 0. The lowest BCUT2D eigenvalue weighted by Crippen LogP contribution is -2.26. The van der Waals surface area contributed by atoms with Crippen LogP contribution in [0.25, 0.3) is 0 Å². The summed E-state index contributed by atoms with van der Waals surface area (Å²) in [6.45, 7) is 12.7. The zero-order valence-electron chi connectivity index (χ0n) is 13.3. The van der Waals surface area contributed by atoms with Crippen molar-refractivity contribution in [1.82, 2.24) is 5.32 Å². The van der Waals surface area contributed by atoms with Gasteiger partial charge in [0.1, 0.15) is 0 Å². The van der Waals surface area contributed by atoms with Crippen LogP contribution in [0.2, 0.25) is 0 Å². The third-order valence-corrected chi connectivity index (χ3v) is 4.48. The van der Waals surface area contributed by atoms with Gasteiger partial charge in [-0.1, -0.05) is 38.5 Å². The van der Waals surface area contributed by atoms with Gasteiger partial charge in [-0.3, -0.25) is 0 Å². The average Bonchev–Trinajstić information content (AvgIpc) is 2.44. The zero-order chi connectivity index (χ0) is 14.0. The Kier molecular flexibility index (Phi) is 4.35. The van der Waals surface area contributed by atoms with Gasteiger partial charge in [-0.15, -0.1) is 0 Å². The lowest BCUT2D eigenvalue weighted by molar-refractivity contribution is 0.273. The highest BCUT2D eigenvalue weighted by molar-refractivity contribution is 5.41. The van der Waals surface area contributed by atoms with Gasteiger partial charge in [0.15, 0.2) is 0 Å². The summed E-state index contributed by atoms with van der Waals surface area (Å²) in [7, 11) is 0. The molecule has 1 aliphatic carbocycles. The molecule has 1 N–H and O–H groups in total. The fraction of sp³-hybridized carbons (Fsp3) is 0.667. The van der Waals surface area contributed by atoms with Crippen LogP contribution in [0.4, 0.5) is 0 Å². The monoisotopic (exact) mass is 259 g/mol. The maximum Gasteiger partial charge on any atom is 0.0328 e. The number of nitrogens with one attached hydrogen (secondary N) is 1. The Hall–Kier alpha value is -0.820. The van der Waals surface area contributed by atoms with Gasteiger partial charge in [0.25, 0.3) is 0 Å². The minimum absolute atomic E-state index is 0.435. The van der Waals surface area contributed by atoms with E-state index in [1.165, 1.54) is 36.8 Å². The summed E-state index contributed by atoms with van der Waals surface area (Å²) in [6, 6.07) is 5.29. The molecule has 0 aromatic heterocycles. The Labute approximate surface area is 118 Å². The molecule has 1 aromatic rings. The Morgan fingerprint density at radius 3 is 2.68 bits per heavy atom. The van der Waals surface area contributed by atoms with Crippen molar-refractivity contribution >= 4 is 0 Å². The van der Waals surface area contributed by atoms with Crippen molar-refractivity contribution in [3.63, 3.8) is 0 Å². The van der Waals surface area contributed by atoms with Gasteiger partial charge in [0.05, 0.1) is 0 Å². The van der Waals surface area contributed by atoms with Crippen molar-refractivity contribution in [2.24, 2.45) is 5.41 Å². The summed E-state index contributed by atoms with van der Waals surface area (Å²) in [4.78, 5) is 0. The molecule has 0 heterocycles. The molecule has 0 spiro atoms. The summed E-state index contributed by atoms with van der Waals surface area (Å²) in [5.41, 5.74) is 6.49. The molecule has 0 saturated heterocycles. The van der Waals surface area contributed by atoms with Gasteiger partial charge in [-0.25, -0.2) is 0 Å². The molecule has 0 amide bonds. The molecule has 1 atom stereocenters. The Bertz CT molecular complexity index is 445. The molecule has 1 heteroatoms. The highest BCUT2D eigenvalue weighted by atomic mass is 14.9. The van der Waals surface area contributed by atoms with Crippen LogP contribution in [0.5, 0.6) is 0 Å². The number of aryl methyl sites for hydroxylation is 2. The molecule has 1 nitrogen and oxygen atoms in total. The predicted octanol–water partition coefficient (Wildman–Crippen LogP) is 4.71. The van der Waals surface area contributed by atoms with E-state index >= 15 is 0 Å². The lowest BCUT2D eigenvalue weighted by atomic mass is 9.83. The first-order valence-electron chi connectivity index (χ1n) is 7.76. The minimum Gasteiger partial charge on any atom is -0.310 e. The normalized spacial score (nSPS) is 21.8. The SMILES string of the molecule is CCCNC1CC(C)(C)CCc2c(C)cc(C)cc21. The number of fused-ring (bicyclic) bond motifs is 1. The third-order valence-electron chi connectivity index (χ3n) is 4.48. The van der Waals surface area contributed by atoms with E-state index in [9.17, 15) is 0 Å². The Balaban J connectivity index is 2.40. The van der Waals surface area contributed by atoms with Crippen molar-refractivity contribution in [1.29, 1.82) is 0 Å². The number of rotatable bonds is 3. The molecule has 19 heavy (non-hydrogen) atoms. The first kappa shape index (κ1) is 14.6. The second kappa shape index (κ2) is 5.66. The lowest BCUT2D eigenvalue weighted by Gasteiger charge is -2.28. The van der Waals surface area contributed by atoms with Crippen LogP contribution in [0.15, 0.2) is 12.1 Å². The van der Waals surface area contributed by atoms with Gasteiger partial charge in [-0.05, 0) is 68.2 Å². The van der Waals surface area contributed by atoms with E-state index in [0.717, 1.165) is 6.54 Å². The largest absolute Gasteiger partial charge is 0.310 e. The van der Waals surface area contributed by atoms with Crippen LogP contribution in [-0.4, -0.2) is 6.54 Å². The van der Waals surface area contributed by atoms with E-state index in [4.69, 9.17) is 0 Å². The molecular weight excluding hydrogens is 230 g/mol. The summed E-state index contributed by atoms with van der Waals surface area (Å²) in [6.07, 6.45) is 4.99. The highest BCUT2D eigenvalue weighted by Gasteiger charge is 2.29. The molecule has 1 aliphatic rings. The van der Waals surface area contributed by atoms with Gasteiger partial charge in [0, 0.05) is 6.04 Å². The van der Waals surface area contributed by atoms with E-state index in [1.54, 1.807) is 11.1 Å². The number of hydrogen-bond acceptors (Lipinski definition) is 1. The highest BCUT2D eigenvalue weighted by Crippen LogP contribution is 2.40. The third kappa shape index (κ3) is 3.39. The van der Waals surface area contributed by atoms with Crippen LogP contribution >= 0.6 is 0 Å². The maximum absolute atomic E-state index is 3.78. The van der Waals surface area contributed by atoms with Crippen molar-refractivity contribution in [2.45, 2.75) is 66.3 Å². The van der Waals surface area contributed by atoms with E-state index in [1.807, 2.05) is 0 Å². The molecule has 0 aliphatic heterocycles. The fourth-order valence-corrected chi connectivity index (χ4v) is 3.41. The van der Waals surface area contributed by atoms with E-state index in [0.29, 0.717) is 11.5 Å². The van der Waals surface area contributed by atoms with E-state index < -0.39 is 0 Å². The molecule has 1 unspecified atom stereocenters. The van der Waals surface area contributed by atoms with Crippen LogP contribution in [0.1, 0.15) is 68.3 Å². The minimum atomic E-state index is 0.435. The predicted molar refractivity (Wildman–Crippen MR) is 83.7 cm³/mol. The molecule has 0 radical (unpaired) electrons. The van der Waals surface area contributed by atoms with Crippen LogP contribution in [0, 0.1) is 19.3 Å². The number of benzene rings is 1. The fourth-order valence-electron chi connectivity index (χ4n) is 3.41. The Morgan fingerprint density at radius 2 is 2.00 bits per heavy atom. The van der Waals surface area contributed by atoms with Crippen molar-refractivity contribution in [3.05, 3.63) is 34.4 Å². The molecule has 1 aromatic carbocycles. The molecule has 2 rings (SSSR count). The summed E-state index contributed by atoms with van der Waals surface area (Å²) in [5, 5.41) is 3.78. The summed E-state index contributed by atoms with van der Waals surface area (Å²) < 4.78 is 0. The average molecular weight is 259 g/mol. The van der Waals surface area contributed by atoms with Crippen molar-refractivity contribution < 1.29 is 0 Å². The van der Waals surface area contributed by atoms with Crippen molar-refractivity contribution in [3.8, 4) is 0 Å². The van der Waals surface area contributed by atoms with Crippen LogP contribution < -0.4 is 5.32 Å². The quantitative estimate of drug-likeness (QED) is 0.775. The standard InChI is InChI=1S/C18H29N/c1-6-9-19-17-12-18(4,5)8-7-15-14(3)10-13(2)11-16(15)17/h10-11,17,19H,6-9,12H2,1-5H3. The molecular formula is C18H29N. The molecule has 0 bridgehead atoms. The zero-order valence-corrected chi connectivity index (χ0v) is 13.3. The molecule has 106 valence electrons. The smallest absolute Gasteiger partial charge is 0.0328 e. The first-order chi connectivity index (χ1) is 8.93. The summed E-state index contributed by atoms with van der Waals surface area (Å²) in [5.74, 6) is 0. The van der Waals surface area contributed by atoms with Crippen LogP contribution in [-0.2, 0) is 6.42 Å². The van der Waals surface area contributed by atoms with Gasteiger partial charge in [-0.2, -0.15) is 0 Å². The van der Waals surface area contributed by atoms with E-state index in [2.05, 4.69) is 52.1 Å². The second-order valence-electron chi connectivity index (χ2n) is 7.02. The van der Waals surface area contributed by atoms with E-state index in [-0.39, 0.29) is 0 Å². The molecule has 0 fully saturated rings.